The van der Waals surface area contributed by atoms with Crippen molar-refractivity contribution in [3.8, 4) is 11.5 Å². The zero-order valence-corrected chi connectivity index (χ0v) is 9.34. The summed E-state index contributed by atoms with van der Waals surface area (Å²) in [5.41, 5.74) is -0.0152. The SMILES string of the molecule is COc1ccc(C2(O)CC2)c(Br)c1O. The number of rotatable bonds is 2. The van der Waals surface area contributed by atoms with Crippen LogP contribution in [0.15, 0.2) is 16.6 Å². The zero-order chi connectivity index (χ0) is 10.3. The molecule has 2 rings (SSSR count). The minimum absolute atomic E-state index is 0.0466. The molecule has 0 bridgehead atoms. The summed E-state index contributed by atoms with van der Waals surface area (Å²) in [5.74, 6) is 0.454. The average molecular weight is 259 g/mol. The van der Waals surface area contributed by atoms with Crippen molar-refractivity contribution in [2.24, 2.45) is 0 Å². The van der Waals surface area contributed by atoms with Crippen molar-refractivity contribution in [3.63, 3.8) is 0 Å². The molecule has 3 nitrogen and oxygen atoms in total. The lowest BCUT2D eigenvalue weighted by Crippen LogP contribution is -2.05. The molecule has 0 radical (unpaired) electrons. The van der Waals surface area contributed by atoms with Crippen molar-refractivity contribution in [2.45, 2.75) is 18.4 Å². The van der Waals surface area contributed by atoms with Crippen LogP contribution in [-0.2, 0) is 5.60 Å². The Morgan fingerprint density at radius 3 is 2.57 bits per heavy atom. The second-order valence-electron chi connectivity index (χ2n) is 3.51. The van der Waals surface area contributed by atoms with Crippen LogP contribution in [-0.4, -0.2) is 17.3 Å². The van der Waals surface area contributed by atoms with Gasteiger partial charge in [-0.15, -0.1) is 0 Å². The monoisotopic (exact) mass is 258 g/mol. The first-order valence-electron chi connectivity index (χ1n) is 4.37. The van der Waals surface area contributed by atoms with Crippen LogP contribution in [0.25, 0.3) is 0 Å². The maximum Gasteiger partial charge on any atom is 0.172 e. The molecule has 0 unspecified atom stereocenters. The van der Waals surface area contributed by atoms with E-state index in [9.17, 15) is 10.2 Å². The van der Waals surface area contributed by atoms with Gasteiger partial charge in [-0.3, -0.25) is 0 Å². The molecule has 2 N–H and O–H groups in total. The van der Waals surface area contributed by atoms with Crippen molar-refractivity contribution in [3.05, 3.63) is 22.2 Å². The molecule has 1 fully saturated rings. The summed E-state index contributed by atoms with van der Waals surface area (Å²) in [6, 6.07) is 3.43. The molecule has 1 aliphatic rings. The fourth-order valence-corrected chi connectivity index (χ4v) is 2.16. The van der Waals surface area contributed by atoms with Gasteiger partial charge in [0.15, 0.2) is 11.5 Å². The largest absolute Gasteiger partial charge is 0.503 e. The van der Waals surface area contributed by atoms with E-state index in [1.165, 1.54) is 7.11 Å². The summed E-state index contributed by atoms with van der Waals surface area (Å²) < 4.78 is 5.48. The number of phenolic OH excluding ortho intramolecular Hbond substituents is 1. The topological polar surface area (TPSA) is 49.7 Å². The molecule has 0 aliphatic heterocycles. The van der Waals surface area contributed by atoms with Crippen molar-refractivity contribution in [2.75, 3.05) is 7.11 Å². The van der Waals surface area contributed by atoms with Crippen LogP contribution in [0.3, 0.4) is 0 Å². The number of benzene rings is 1. The average Bonchev–Trinajstić information content (AvgIpc) is 2.89. The second kappa shape index (κ2) is 3.14. The van der Waals surface area contributed by atoms with Gasteiger partial charge in [0.05, 0.1) is 17.2 Å². The Morgan fingerprint density at radius 1 is 1.43 bits per heavy atom. The standard InChI is InChI=1S/C10H11BrO3/c1-14-7-3-2-6(8(11)9(7)12)10(13)4-5-10/h2-3,12-13H,4-5H2,1H3. The molecule has 0 aromatic heterocycles. The summed E-state index contributed by atoms with van der Waals surface area (Å²) in [7, 11) is 1.49. The fourth-order valence-electron chi connectivity index (χ4n) is 1.46. The minimum atomic E-state index is -0.747. The van der Waals surface area contributed by atoms with Crippen LogP contribution in [0.4, 0.5) is 0 Å². The molecule has 14 heavy (non-hydrogen) atoms. The third-order valence-electron chi connectivity index (χ3n) is 2.52. The van der Waals surface area contributed by atoms with Crippen molar-refractivity contribution in [1.82, 2.24) is 0 Å². The number of aliphatic hydroxyl groups is 1. The van der Waals surface area contributed by atoms with Gasteiger partial charge in [-0.05, 0) is 34.8 Å². The van der Waals surface area contributed by atoms with Gasteiger partial charge in [0.2, 0.25) is 0 Å². The molecule has 1 aliphatic carbocycles. The molecule has 1 saturated carbocycles. The lowest BCUT2D eigenvalue weighted by molar-refractivity contribution is 0.150. The summed E-state index contributed by atoms with van der Waals surface area (Å²) in [4.78, 5) is 0. The zero-order valence-electron chi connectivity index (χ0n) is 7.75. The molecule has 1 aromatic carbocycles. The Bertz CT molecular complexity index is 372. The Kier molecular flexibility index (Phi) is 2.20. The van der Waals surface area contributed by atoms with Crippen molar-refractivity contribution < 1.29 is 14.9 Å². The van der Waals surface area contributed by atoms with E-state index < -0.39 is 5.60 Å². The van der Waals surface area contributed by atoms with E-state index >= 15 is 0 Å². The van der Waals surface area contributed by atoms with E-state index in [-0.39, 0.29) is 5.75 Å². The predicted molar refractivity (Wildman–Crippen MR) is 55.5 cm³/mol. The van der Waals surface area contributed by atoms with E-state index in [2.05, 4.69) is 15.9 Å². The van der Waals surface area contributed by atoms with Crippen LogP contribution in [0, 0.1) is 0 Å². The third kappa shape index (κ3) is 1.38. The van der Waals surface area contributed by atoms with Crippen LogP contribution >= 0.6 is 15.9 Å². The smallest absolute Gasteiger partial charge is 0.172 e. The first kappa shape index (κ1) is 9.80. The molecule has 4 heteroatoms. The van der Waals surface area contributed by atoms with E-state index in [4.69, 9.17) is 4.74 Å². The maximum absolute atomic E-state index is 9.89. The highest BCUT2D eigenvalue weighted by molar-refractivity contribution is 9.10. The molecule has 0 heterocycles. The van der Waals surface area contributed by atoms with Crippen LogP contribution in [0.2, 0.25) is 0 Å². The van der Waals surface area contributed by atoms with Gasteiger partial charge in [0.1, 0.15) is 0 Å². The lowest BCUT2D eigenvalue weighted by Gasteiger charge is -2.13. The molecule has 0 atom stereocenters. The number of phenols is 1. The second-order valence-corrected chi connectivity index (χ2v) is 4.30. The first-order valence-corrected chi connectivity index (χ1v) is 5.16. The van der Waals surface area contributed by atoms with Crippen LogP contribution < -0.4 is 4.74 Å². The number of aromatic hydroxyl groups is 1. The normalized spacial score (nSPS) is 17.9. The predicted octanol–water partition coefficient (Wildman–Crippen LogP) is 2.14. The van der Waals surface area contributed by atoms with E-state index in [0.29, 0.717) is 10.2 Å². The Morgan fingerprint density at radius 2 is 2.07 bits per heavy atom. The Hall–Kier alpha value is -0.740. The summed E-state index contributed by atoms with van der Waals surface area (Å²) in [5, 5.41) is 19.6. The highest BCUT2D eigenvalue weighted by Gasteiger charge is 2.44. The molecule has 76 valence electrons. The third-order valence-corrected chi connectivity index (χ3v) is 3.33. The van der Waals surface area contributed by atoms with E-state index in [1.54, 1.807) is 12.1 Å². The van der Waals surface area contributed by atoms with Crippen LogP contribution in [0.1, 0.15) is 18.4 Å². The number of ether oxygens (including phenoxy) is 1. The quantitative estimate of drug-likeness (QED) is 0.855. The maximum atomic E-state index is 9.89. The molecule has 0 spiro atoms. The van der Waals surface area contributed by atoms with Gasteiger partial charge in [0, 0.05) is 5.56 Å². The van der Waals surface area contributed by atoms with Gasteiger partial charge >= 0.3 is 0 Å². The molecular formula is C10H11BrO3. The molecule has 1 aromatic rings. The number of methoxy groups -OCH3 is 1. The Balaban J connectivity index is 2.49. The minimum Gasteiger partial charge on any atom is -0.503 e. The van der Waals surface area contributed by atoms with Crippen molar-refractivity contribution in [1.29, 1.82) is 0 Å². The van der Waals surface area contributed by atoms with Gasteiger partial charge in [-0.2, -0.15) is 0 Å². The van der Waals surface area contributed by atoms with E-state index in [1.807, 2.05) is 0 Å². The molecule has 0 amide bonds. The van der Waals surface area contributed by atoms with Crippen molar-refractivity contribution >= 4 is 15.9 Å². The highest BCUT2D eigenvalue weighted by Crippen LogP contribution is 2.51. The highest BCUT2D eigenvalue weighted by atomic mass is 79.9. The van der Waals surface area contributed by atoms with Gasteiger partial charge in [-0.25, -0.2) is 0 Å². The number of hydrogen-bond donors (Lipinski definition) is 2. The number of hydrogen-bond acceptors (Lipinski definition) is 3. The summed E-state index contributed by atoms with van der Waals surface area (Å²) in [6.07, 6.45) is 1.49. The first-order chi connectivity index (χ1) is 6.58. The van der Waals surface area contributed by atoms with Crippen LogP contribution in [0.5, 0.6) is 11.5 Å². The fraction of sp³-hybridized carbons (Fsp3) is 0.400. The van der Waals surface area contributed by atoms with Gasteiger partial charge in [-0.1, -0.05) is 6.07 Å². The Labute approximate surface area is 90.5 Å². The van der Waals surface area contributed by atoms with Gasteiger partial charge in [0.25, 0.3) is 0 Å². The molecular weight excluding hydrogens is 248 g/mol. The number of halogens is 1. The van der Waals surface area contributed by atoms with Gasteiger partial charge < -0.3 is 14.9 Å². The van der Waals surface area contributed by atoms with E-state index in [0.717, 1.165) is 18.4 Å². The summed E-state index contributed by atoms with van der Waals surface area (Å²) >= 11 is 3.26. The summed E-state index contributed by atoms with van der Waals surface area (Å²) in [6.45, 7) is 0. The molecule has 0 saturated heterocycles. The lowest BCUT2D eigenvalue weighted by atomic mass is 10.1.